The van der Waals surface area contributed by atoms with E-state index in [4.69, 9.17) is 19.3 Å². The summed E-state index contributed by atoms with van der Waals surface area (Å²) in [5.41, 5.74) is 5.85. The van der Waals surface area contributed by atoms with Crippen LogP contribution in [0.2, 0.25) is 0 Å². The second-order valence-corrected chi connectivity index (χ2v) is 12.2. The molecule has 6 aromatic rings. The zero-order valence-corrected chi connectivity index (χ0v) is 30.5. The van der Waals surface area contributed by atoms with Crippen molar-refractivity contribution >= 4 is 0 Å². The van der Waals surface area contributed by atoms with Crippen LogP contribution in [-0.2, 0) is 39.1 Å². The van der Waals surface area contributed by atoms with E-state index in [2.05, 4.69) is 19.7 Å². The lowest BCUT2D eigenvalue weighted by Gasteiger charge is -2.12. The largest absolute Gasteiger partial charge is 0.508 e. The number of aromatic hydroxyl groups is 3. The fourth-order valence-electron chi connectivity index (χ4n) is 5.17. The second kappa shape index (κ2) is 22.3. The Balaban J connectivity index is 0.000000183. The summed E-state index contributed by atoms with van der Waals surface area (Å²) in [6.45, 7) is 12.7. The molecule has 0 atom stereocenters. The summed E-state index contributed by atoms with van der Waals surface area (Å²) in [5.74, 6) is 3.11. The van der Waals surface area contributed by atoms with Gasteiger partial charge >= 0.3 is 0 Å². The SMILES string of the molecule is C=CCc1cc(OCc2ccccc2)cc(CC=C)c1O.C=CCc1cc(OCc2ccccc2)ccc1O.Oc1ccc(OCc2ccccc2)cc1. The van der Waals surface area contributed by atoms with E-state index < -0.39 is 0 Å². The Morgan fingerprint density at radius 2 is 0.778 bits per heavy atom. The van der Waals surface area contributed by atoms with Gasteiger partial charge in [-0.25, -0.2) is 0 Å². The van der Waals surface area contributed by atoms with Crippen LogP contribution in [0.5, 0.6) is 34.5 Å². The molecule has 0 aromatic heterocycles. The van der Waals surface area contributed by atoms with Gasteiger partial charge in [-0.2, -0.15) is 0 Å². The molecule has 0 unspecified atom stereocenters. The van der Waals surface area contributed by atoms with Crippen molar-refractivity contribution in [1.82, 2.24) is 0 Å². The van der Waals surface area contributed by atoms with Crippen molar-refractivity contribution in [1.29, 1.82) is 0 Å². The molecular weight excluding hydrogens is 673 g/mol. The van der Waals surface area contributed by atoms with Crippen LogP contribution in [0.3, 0.4) is 0 Å². The standard InChI is InChI=1S/C19H20O2.C16H16O2.C13H12O2/c1-3-8-16-12-18(13-17(9-4-2)19(16)20)21-14-15-10-6-5-7-11-15;1-2-6-14-11-15(9-10-16(14)17)18-12-13-7-4-3-5-8-13;14-12-6-8-13(9-7-12)15-10-11-4-2-1-3-5-11/h3-7,10-13,20H,1-2,8-9,14H2;2-5,7-11,17H,1,6,12H2;1-9,14H,10H2. The fraction of sp³-hybridized carbons (Fsp3) is 0.125. The molecule has 6 heteroatoms. The quantitative estimate of drug-likeness (QED) is 0.0916. The van der Waals surface area contributed by atoms with Gasteiger partial charge in [-0.15, -0.1) is 19.7 Å². The molecule has 276 valence electrons. The average Bonchev–Trinajstić information content (AvgIpc) is 3.21. The van der Waals surface area contributed by atoms with Crippen LogP contribution in [0.15, 0.2) is 184 Å². The highest BCUT2D eigenvalue weighted by atomic mass is 16.5. The Morgan fingerprint density at radius 1 is 0.407 bits per heavy atom. The molecule has 0 saturated heterocycles. The minimum atomic E-state index is 0.252. The number of hydrogen-bond donors (Lipinski definition) is 3. The minimum Gasteiger partial charge on any atom is -0.508 e. The van der Waals surface area contributed by atoms with Crippen LogP contribution >= 0.6 is 0 Å². The zero-order valence-electron chi connectivity index (χ0n) is 30.5. The Bertz CT molecular complexity index is 1980. The summed E-state index contributed by atoms with van der Waals surface area (Å²) in [6, 6.07) is 45.7. The summed E-state index contributed by atoms with van der Waals surface area (Å²) >= 11 is 0. The topological polar surface area (TPSA) is 88.4 Å². The van der Waals surface area contributed by atoms with E-state index in [0.29, 0.717) is 44.8 Å². The summed E-state index contributed by atoms with van der Waals surface area (Å²) < 4.78 is 17.1. The molecule has 0 aliphatic heterocycles. The van der Waals surface area contributed by atoms with Gasteiger partial charge in [0.1, 0.15) is 54.3 Å². The first-order valence-corrected chi connectivity index (χ1v) is 17.7. The van der Waals surface area contributed by atoms with E-state index in [1.165, 1.54) is 0 Å². The van der Waals surface area contributed by atoms with E-state index in [1.54, 1.807) is 54.6 Å². The number of ether oxygens (including phenoxy) is 3. The lowest BCUT2D eigenvalue weighted by molar-refractivity contribution is 0.305. The molecule has 0 bridgehead atoms. The molecule has 0 fully saturated rings. The predicted octanol–water partition coefficient (Wildman–Crippen LogP) is 11.1. The molecule has 0 aliphatic rings. The molecule has 3 N–H and O–H groups in total. The minimum absolute atomic E-state index is 0.252. The molecule has 0 spiro atoms. The third-order valence-corrected chi connectivity index (χ3v) is 7.97. The predicted molar refractivity (Wildman–Crippen MR) is 218 cm³/mol. The molecule has 0 heterocycles. The Kier molecular flexibility index (Phi) is 16.6. The first-order valence-electron chi connectivity index (χ1n) is 17.7. The van der Waals surface area contributed by atoms with Crippen molar-refractivity contribution in [3.05, 3.63) is 217 Å². The Hall–Kier alpha value is -6.66. The number of benzene rings is 6. The molecule has 54 heavy (non-hydrogen) atoms. The van der Waals surface area contributed by atoms with E-state index in [1.807, 2.05) is 109 Å². The number of rotatable bonds is 15. The van der Waals surface area contributed by atoms with Gasteiger partial charge in [-0.05, 0) is 90.6 Å². The van der Waals surface area contributed by atoms with Crippen molar-refractivity contribution in [3.63, 3.8) is 0 Å². The highest BCUT2D eigenvalue weighted by Crippen LogP contribution is 2.30. The van der Waals surface area contributed by atoms with Crippen LogP contribution in [-0.4, -0.2) is 15.3 Å². The van der Waals surface area contributed by atoms with Crippen LogP contribution in [0.25, 0.3) is 0 Å². The van der Waals surface area contributed by atoms with Gasteiger partial charge < -0.3 is 29.5 Å². The van der Waals surface area contributed by atoms with Crippen LogP contribution in [0.4, 0.5) is 0 Å². The summed E-state index contributed by atoms with van der Waals surface area (Å²) in [4.78, 5) is 0. The van der Waals surface area contributed by atoms with Crippen molar-refractivity contribution in [2.24, 2.45) is 0 Å². The number of phenolic OH excluding ortho intramolecular Hbond substituents is 3. The molecule has 6 rings (SSSR count). The van der Waals surface area contributed by atoms with Gasteiger partial charge in [-0.3, -0.25) is 0 Å². The highest BCUT2D eigenvalue weighted by Gasteiger charge is 2.09. The third-order valence-electron chi connectivity index (χ3n) is 7.97. The first kappa shape index (κ1) is 40.1. The monoisotopic (exact) mass is 720 g/mol. The van der Waals surface area contributed by atoms with E-state index >= 15 is 0 Å². The van der Waals surface area contributed by atoms with Crippen LogP contribution in [0.1, 0.15) is 33.4 Å². The molecule has 0 amide bonds. The number of phenols is 3. The molecule has 0 radical (unpaired) electrons. The third kappa shape index (κ3) is 13.8. The van der Waals surface area contributed by atoms with Crippen molar-refractivity contribution in [3.8, 4) is 34.5 Å². The van der Waals surface area contributed by atoms with E-state index in [9.17, 15) is 10.2 Å². The van der Waals surface area contributed by atoms with Gasteiger partial charge in [0.15, 0.2) is 0 Å². The van der Waals surface area contributed by atoms with Gasteiger partial charge in [0, 0.05) is 16.7 Å². The molecule has 6 nitrogen and oxygen atoms in total. The average molecular weight is 721 g/mol. The highest BCUT2D eigenvalue weighted by molar-refractivity contribution is 5.48. The number of allylic oxidation sites excluding steroid dienone is 3. The maximum atomic E-state index is 10.2. The van der Waals surface area contributed by atoms with Gasteiger partial charge in [-0.1, -0.05) is 109 Å². The summed E-state index contributed by atoms with van der Waals surface area (Å²) in [7, 11) is 0. The van der Waals surface area contributed by atoms with Crippen LogP contribution < -0.4 is 14.2 Å². The fourth-order valence-corrected chi connectivity index (χ4v) is 5.17. The van der Waals surface area contributed by atoms with Gasteiger partial charge in [0.2, 0.25) is 0 Å². The molecular formula is C48H48O6. The molecule has 6 aromatic carbocycles. The van der Waals surface area contributed by atoms with Crippen molar-refractivity contribution in [2.75, 3.05) is 0 Å². The van der Waals surface area contributed by atoms with Gasteiger partial charge in [0.05, 0.1) is 0 Å². The van der Waals surface area contributed by atoms with E-state index in [-0.39, 0.29) is 11.5 Å². The number of hydrogen-bond acceptors (Lipinski definition) is 6. The first-order chi connectivity index (χ1) is 26.4. The Labute approximate surface area is 319 Å². The Morgan fingerprint density at radius 3 is 1.22 bits per heavy atom. The molecule has 0 saturated carbocycles. The maximum absolute atomic E-state index is 10.2. The summed E-state index contributed by atoms with van der Waals surface area (Å²) in [6.07, 6.45) is 7.16. The molecule has 0 aliphatic carbocycles. The lowest BCUT2D eigenvalue weighted by atomic mass is 10.0. The second-order valence-electron chi connectivity index (χ2n) is 12.2. The van der Waals surface area contributed by atoms with Crippen molar-refractivity contribution < 1.29 is 29.5 Å². The van der Waals surface area contributed by atoms with Gasteiger partial charge in [0.25, 0.3) is 0 Å². The normalized spacial score (nSPS) is 10.0. The van der Waals surface area contributed by atoms with Crippen LogP contribution in [0, 0.1) is 0 Å². The van der Waals surface area contributed by atoms with E-state index in [0.717, 1.165) is 50.6 Å². The maximum Gasteiger partial charge on any atom is 0.122 e. The summed E-state index contributed by atoms with van der Waals surface area (Å²) in [5, 5.41) is 28.9. The lowest BCUT2D eigenvalue weighted by Crippen LogP contribution is -1.98. The van der Waals surface area contributed by atoms with Crippen molar-refractivity contribution in [2.45, 2.75) is 39.1 Å². The smallest absolute Gasteiger partial charge is 0.122 e. The zero-order chi connectivity index (χ0) is 38.4.